The van der Waals surface area contributed by atoms with E-state index in [1.165, 1.54) is 24.3 Å². The third-order valence-corrected chi connectivity index (χ3v) is 14.3. The number of nitrogens with one attached hydrogen (secondary N) is 4. The van der Waals surface area contributed by atoms with Crippen molar-refractivity contribution >= 4 is 29.8 Å². The number of fused-ring (bicyclic) bond motifs is 2. The van der Waals surface area contributed by atoms with Gasteiger partial charge in [-0.05, 0) is 94.6 Å². The predicted octanol–water partition coefficient (Wildman–Crippen LogP) is 6.08. The van der Waals surface area contributed by atoms with E-state index in [1.807, 2.05) is 17.6 Å². The number of benzene rings is 2. The Labute approximate surface area is 441 Å². The predicted molar refractivity (Wildman–Crippen MR) is 261 cm³/mol. The Morgan fingerprint density at radius 3 is 1.91 bits per heavy atom. The molecule has 5 heterocycles. The van der Waals surface area contributed by atoms with Gasteiger partial charge in [-0.3, -0.25) is 24.9 Å². The van der Waals surface area contributed by atoms with E-state index in [0.717, 1.165) is 76.1 Å². The average Bonchev–Trinajstić information content (AvgIpc) is 3.99. The maximum absolute atomic E-state index is 16.0. The number of aliphatic hydroxyl groups excluding tert-OH is 1. The second kappa shape index (κ2) is 23.4. The van der Waals surface area contributed by atoms with Crippen molar-refractivity contribution in [1.82, 2.24) is 41.3 Å². The van der Waals surface area contributed by atoms with E-state index < -0.39 is 114 Å². The third-order valence-electron chi connectivity index (χ3n) is 14.3. The molecule has 0 aliphatic carbocycles. The van der Waals surface area contributed by atoms with Crippen LogP contribution in [0.15, 0.2) is 73.1 Å². The van der Waals surface area contributed by atoms with E-state index in [2.05, 4.69) is 41.7 Å². The molecular formula is C52H56F9N9O8. The first-order valence-corrected chi connectivity index (χ1v) is 24.3. The summed E-state index contributed by atoms with van der Waals surface area (Å²) < 4.78 is 142. The Balaban J connectivity index is 1.17. The molecule has 6 N–H and O–H groups in total. The number of nitrogens with zero attached hydrogens (tertiary/aromatic N) is 5. The molecule has 3 aliphatic rings. The van der Waals surface area contributed by atoms with Crippen molar-refractivity contribution in [2.24, 2.45) is 10.8 Å². The number of carbonyl (C=O) groups excluding carboxylic acids is 3. The number of rotatable bonds is 18. The highest BCUT2D eigenvalue weighted by atomic mass is 19.4. The SMILES string of the molecule is COC(=O)NC(C(=O)NN(Cc1c(F)cc(-c2ccc(F)cn2)cc1F)CC(O)C(Cc1ccc(C#Cc2ccc(N3C[C@H]4C[C@@H]3CN4C3COC3)nc2)cc1)NC(=O)C(NC(=O)O)C(C)(C)C(F)(F)F)C(C)(C)C(F)(F)F. The van der Waals surface area contributed by atoms with E-state index >= 15 is 8.78 Å². The van der Waals surface area contributed by atoms with Crippen LogP contribution in [-0.4, -0.2) is 149 Å². The number of alkyl carbamates (subject to hydrolysis) is 1. The molecule has 2 aromatic heterocycles. The Hall–Kier alpha value is -7.21. The number of alkyl halides is 6. The van der Waals surface area contributed by atoms with E-state index in [1.54, 1.807) is 16.8 Å². The van der Waals surface area contributed by atoms with Crippen LogP contribution in [0.5, 0.6) is 0 Å². The second-order valence-electron chi connectivity index (χ2n) is 20.3. The van der Waals surface area contributed by atoms with Crippen LogP contribution in [0.1, 0.15) is 56.4 Å². The van der Waals surface area contributed by atoms with Crippen molar-refractivity contribution in [2.45, 2.75) is 102 Å². The molecule has 3 fully saturated rings. The Bertz CT molecular complexity index is 2860. The molecule has 0 radical (unpaired) electrons. The van der Waals surface area contributed by atoms with Gasteiger partial charge >= 0.3 is 24.5 Å². The maximum atomic E-state index is 16.0. The maximum Gasteiger partial charge on any atom is 0.407 e. The summed E-state index contributed by atoms with van der Waals surface area (Å²) in [6, 6.07) is 7.69. The second-order valence-corrected chi connectivity index (χ2v) is 20.3. The van der Waals surface area contributed by atoms with Crippen LogP contribution < -0.4 is 26.3 Å². The normalized spacial score (nSPS) is 18.5. The van der Waals surface area contributed by atoms with E-state index in [4.69, 9.17) is 4.74 Å². The molecule has 26 heteroatoms. The molecule has 0 spiro atoms. The van der Waals surface area contributed by atoms with Crippen LogP contribution in [0.2, 0.25) is 0 Å². The third kappa shape index (κ3) is 13.4. The van der Waals surface area contributed by atoms with Gasteiger partial charge in [-0.2, -0.15) is 26.3 Å². The molecular weight excluding hydrogens is 1050 g/mol. The molecule has 420 valence electrons. The largest absolute Gasteiger partial charge is 0.465 e. The first-order chi connectivity index (χ1) is 36.6. The van der Waals surface area contributed by atoms with Crippen LogP contribution in [0.3, 0.4) is 0 Å². The van der Waals surface area contributed by atoms with E-state index in [0.29, 0.717) is 62.0 Å². The zero-order valence-electron chi connectivity index (χ0n) is 42.6. The highest BCUT2D eigenvalue weighted by Gasteiger charge is 2.57. The number of carboxylic acid groups (broad SMARTS) is 1. The number of aromatic nitrogens is 2. The number of halogens is 9. The molecule has 2 bridgehead atoms. The Morgan fingerprint density at radius 2 is 1.40 bits per heavy atom. The lowest BCUT2D eigenvalue weighted by Crippen LogP contribution is -2.63. The number of methoxy groups -OCH3 is 1. The van der Waals surface area contributed by atoms with Gasteiger partial charge in [0, 0.05) is 66.7 Å². The van der Waals surface area contributed by atoms with Crippen molar-refractivity contribution in [3.05, 3.63) is 113 Å². The zero-order chi connectivity index (χ0) is 57.1. The molecule has 2 aromatic carbocycles. The Kier molecular flexibility index (Phi) is 17.5. The minimum absolute atomic E-state index is 0.0887. The van der Waals surface area contributed by atoms with Crippen molar-refractivity contribution < 1.29 is 78.4 Å². The number of hydrogen-bond donors (Lipinski definition) is 6. The molecule has 3 saturated heterocycles. The van der Waals surface area contributed by atoms with Crippen molar-refractivity contribution in [3.8, 4) is 23.1 Å². The standard InChI is InChI=1S/C52H56F9N9O8/c1-49(2,51(56,57)58)43(65-47(74)75)45(72)64-40(16-29-9-6-28(7-10-29)8-11-30-12-15-42(63-20-30)70-23-33-19-34(70)22-69(33)35-26-78-27-35)41(71)25-68(67-46(73)44(66-48(76)77-5)50(3,4)52(59,60)61)24-36-37(54)17-31(18-38(36)55)39-14-13-32(53)21-62-39/h6-7,9-10,12-15,17-18,20-21,33-35,40-41,43-44,65,71H,16,19,22-27H2,1-5H3,(H,64,72)(H,66,76)(H,67,73)(H,74,75)/t33-,34-,40?,41?,43?,44?/m1/s1. The highest BCUT2D eigenvalue weighted by Crippen LogP contribution is 2.42. The number of anilines is 1. The summed E-state index contributed by atoms with van der Waals surface area (Å²) in [5, 5.41) is 27.6. The van der Waals surface area contributed by atoms with Crippen LogP contribution in [0.4, 0.5) is 54.9 Å². The van der Waals surface area contributed by atoms with Crippen LogP contribution in [-0.2, 0) is 32.0 Å². The fourth-order valence-corrected chi connectivity index (χ4v) is 9.28. The van der Waals surface area contributed by atoms with Gasteiger partial charge in [0.25, 0.3) is 5.91 Å². The number of amides is 4. The van der Waals surface area contributed by atoms with Crippen molar-refractivity contribution in [1.29, 1.82) is 0 Å². The fourth-order valence-electron chi connectivity index (χ4n) is 9.28. The summed E-state index contributed by atoms with van der Waals surface area (Å²) in [7, 11) is 0.792. The van der Waals surface area contributed by atoms with Gasteiger partial charge in [0.15, 0.2) is 0 Å². The molecule has 7 rings (SSSR count). The van der Waals surface area contributed by atoms with E-state index in [9.17, 15) is 60.1 Å². The van der Waals surface area contributed by atoms with Crippen LogP contribution in [0.25, 0.3) is 11.3 Å². The van der Waals surface area contributed by atoms with Gasteiger partial charge in [0.05, 0.1) is 61.2 Å². The summed E-state index contributed by atoms with van der Waals surface area (Å²) >= 11 is 0. The topological polar surface area (TPSA) is 211 Å². The number of likely N-dealkylation sites (tertiary alicyclic amines) is 1. The van der Waals surface area contributed by atoms with Crippen molar-refractivity contribution in [2.75, 3.05) is 44.9 Å². The summed E-state index contributed by atoms with van der Waals surface area (Å²) in [5.74, 6) is 0.111. The summed E-state index contributed by atoms with van der Waals surface area (Å²) in [6.45, 7) is 3.24. The van der Waals surface area contributed by atoms with Gasteiger partial charge in [-0.1, -0.05) is 24.0 Å². The van der Waals surface area contributed by atoms with Gasteiger partial charge in [0.1, 0.15) is 35.4 Å². The van der Waals surface area contributed by atoms with E-state index in [-0.39, 0.29) is 16.8 Å². The summed E-state index contributed by atoms with van der Waals surface area (Å²) in [6.07, 6.45) is -13.1. The van der Waals surface area contributed by atoms with Crippen molar-refractivity contribution in [3.63, 3.8) is 0 Å². The number of hydrazine groups is 1. The van der Waals surface area contributed by atoms with Gasteiger partial charge in [-0.15, -0.1) is 0 Å². The van der Waals surface area contributed by atoms with Gasteiger partial charge in [0.2, 0.25) is 5.91 Å². The lowest BCUT2D eigenvalue weighted by Gasteiger charge is -2.42. The lowest BCUT2D eigenvalue weighted by molar-refractivity contribution is -0.221. The number of piperazine rings is 1. The molecule has 6 atom stereocenters. The summed E-state index contributed by atoms with van der Waals surface area (Å²) in [5.41, 5.74) is -4.01. The molecule has 3 aliphatic heterocycles. The first kappa shape index (κ1) is 58.5. The number of pyridine rings is 2. The monoisotopic (exact) mass is 1110 g/mol. The first-order valence-electron chi connectivity index (χ1n) is 24.3. The number of carbonyl (C=O) groups is 4. The molecule has 17 nitrogen and oxygen atoms in total. The number of ether oxygens (including phenoxy) is 2. The Morgan fingerprint density at radius 1 is 0.782 bits per heavy atom. The molecule has 4 aromatic rings. The van der Waals surface area contributed by atoms with Crippen LogP contribution in [0, 0.1) is 40.1 Å². The fraction of sp³-hybridized carbons (Fsp3) is 0.462. The molecule has 0 saturated carbocycles. The summed E-state index contributed by atoms with van der Waals surface area (Å²) in [4.78, 5) is 65.2. The van der Waals surface area contributed by atoms with Gasteiger partial charge < -0.3 is 40.5 Å². The van der Waals surface area contributed by atoms with Gasteiger partial charge in [-0.25, -0.2) is 32.8 Å². The highest BCUT2D eigenvalue weighted by molar-refractivity contribution is 5.87. The number of hydrogen-bond acceptors (Lipinski definition) is 12. The zero-order valence-corrected chi connectivity index (χ0v) is 42.6. The average molecular weight is 1110 g/mol. The quantitative estimate of drug-likeness (QED) is 0.0380. The molecule has 78 heavy (non-hydrogen) atoms. The number of aliphatic hydroxyl groups is 1. The van der Waals surface area contributed by atoms with Crippen LogP contribution >= 0.6 is 0 Å². The minimum Gasteiger partial charge on any atom is -0.465 e. The smallest absolute Gasteiger partial charge is 0.407 e. The minimum atomic E-state index is -5.21. The molecule has 4 amide bonds. The molecule has 4 unspecified atom stereocenters. The lowest BCUT2D eigenvalue weighted by atomic mass is 9.82.